The van der Waals surface area contributed by atoms with Gasteiger partial charge in [0.15, 0.2) is 17.5 Å². The molecule has 2 aliphatic rings. The predicted molar refractivity (Wildman–Crippen MR) is 83.2 cm³/mol. The molecule has 23 heavy (non-hydrogen) atoms. The van der Waals surface area contributed by atoms with Gasteiger partial charge in [0, 0.05) is 13.1 Å². The average Bonchev–Trinajstić information content (AvgIpc) is 2.54. The van der Waals surface area contributed by atoms with Crippen LogP contribution in [0.15, 0.2) is 12.1 Å². The second kappa shape index (κ2) is 7.09. The molecule has 3 rings (SSSR count). The number of likely N-dealkylation sites (tertiary alicyclic amines) is 1. The summed E-state index contributed by atoms with van der Waals surface area (Å²) in [7, 11) is 0. The summed E-state index contributed by atoms with van der Waals surface area (Å²) in [4.78, 5) is 13.9. The molecule has 0 atom stereocenters. The predicted octanol–water partition coefficient (Wildman–Crippen LogP) is 3.13. The maximum absolute atomic E-state index is 13.7. The van der Waals surface area contributed by atoms with Gasteiger partial charge in [-0.05, 0) is 56.3 Å². The Hall–Kier alpha value is -1.27. The molecule has 1 N–H and O–H groups in total. The van der Waals surface area contributed by atoms with Crippen molar-refractivity contribution in [3.63, 3.8) is 0 Å². The molecule has 1 aromatic carbocycles. The Morgan fingerprint density at radius 3 is 2.22 bits per heavy atom. The molecule has 1 spiro atoms. The zero-order valence-corrected chi connectivity index (χ0v) is 13.5. The van der Waals surface area contributed by atoms with E-state index < -0.39 is 23.4 Å². The molecule has 1 aromatic rings. The molecule has 0 bridgehead atoms. The number of benzene rings is 1. The van der Waals surface area contributed by atoms with Crippen LogP contribution in [-0.4, -0.2) is 37.0 Å². The van der Waals surface area contributed by atoms with Crippen molar-refractivity contribution in [2.24, 2.45) is 5.41 Å². The van der Waals surface area contributed by atoms with Crippen LogP contribution in [0.25, 0.3) is 0 Å². The van der Waals surface area contributed by atoms with Gasteiger partial charge in [0.05, 0.1) is 5.56 Å². The van der Waals surface area contributed by atoms with Crippen LogP contribution in [0.1, 0.15) is 36.0 Å². The largest absolute Gasteiger partial charge is 0.339 e. The summed E-state index contributed by atoms with van der Waals surface area (Å²) in [5, 5.41) is 3.33. The van der Waals surface area contributed by atoms with E-state index in [9.17, 15) is 18.0 Å². The summed E-state index contributed by atoms with van der Waals surface area (Å²) >= 11 is 0. The number of nitrogens with one attached hydrogen (secondary N) is 1. The lowest BCUT2D eigenvalue weighted by molar-refractivity contribution is 0.0491. The third kappa shape index (κ3) is 3.48. The molecule has 2 heterocycles. The number of piperidine rings is 2. The molecule has 2 saturated heterocycles. The minimum absolute atomic E-state index is 0. The normalized spacial score (nSPS) is 20.2. The standard InChI is InChI=1S/C16H19F3N2O.ClH/c17-12-2-1-11(13(18)14(12)19)15(22)21-9-5-16(6-10-21)3-7-20-8-4-16;/h1-2,20H,3-10H2;1H. The van der Waals surface area contributed by atoms with Crippen molar-refractivity contribution in [2.75, 3.05) is 26.2 Å². The first-order chi connectivity index (χ1) is 10.5. The average molecular weight is 349 g/mol. The lowest BCUT2D eigenvalue weighted by Gasteiger charge is -2.44. The molecule has 7 heteroatoms. The van der Waals surface area contributed by atoms with E-state index in [0.29, 0.717) is 13.1 Å². The van der Waals surface area contributed by atoms with Crippen molar-refractivity contribution in [1.29, 1.82) is 0 Å². The lowest BCUT2D eigenvalue weighted by atomic mass is 9.71. The van der Waals surface area contributed by atoms with E-state index in [1.165, 1.54) is 0 Å². The fraction of sp³-hybridized carbons (Fsp3) is 0.562. The van der Waals surface area contributed by atoms with Crippen molar-refractivity contribution in [2.45, 2.75) is 25.7 Å². The number of amides is 1. The Morgan fingerprint density at radius 2 is 1.61 bits per heavy atom. The smallest absolute Gasteiger partial charge is 0.256 e. The molecule has 3 nitrogen and oxygen atoms in total. The van der Waals surface area contributed by atoms with E-state index >= 15 is 0 Å². The van der Waals surface area contributed by atoms with Gasteiger partial charge < -0.3 is 10.2 Å². The molecule has 0 radical (unpaired) electrons. The monoisotopic (exact) mass is 348 g/mol. The van der Waals surface area contributed by atoms with Crippen molar-refractivity contribution in [1.82, 2.24) is 10.2 Å². The highest BCUT2D eigenvalue weighted by molar-refractivity contribution is 5.94. The van der Waals surface area contributed by atoms with Crippen LogP contribution in [-0.2, 0) is 0 Å². The molecular formula is C16H20ClF3N2O. The van der Waals surface area contributed by atoms with E-state index in [0.717, 1.165) is 50.9 Å². The number of hydrogen-bond acceptors (Lipinski definition) is 2. The number of halogens is 4. The summed E-state index contributed by atoms with van der Waals surface area (Å²) < 4.78 is 40.0. The highest BCUT2D eigenvalue weighted by Gasteiger charge is 2.37. The van der Waals surface area contributed by atoms with Gasteiger partial charge in [-0.15, -0.1) is 12.4 Å². The molecule has 2 aliphatic heterocycles. The second-order valence-electron chi connectivity index (χ2n) is 6.27. The van der Waals surface area contributed by atoms with Crippen molar-refractivity contribution >= 4 is 18.3 Å². The van der Waals surface area contributed by atoms with Crippen LogP contribution in [0.4, 0.5) is 13.2 Å². The van der Waals surface area contributed by atoms with Gasteiger partial charge in [0.2, 0.25) is 0 Å². The highest BCUT2D eigenvalue weighted by atomic mass is 35.5. The fourth-order valence-corrected chi connectivity index (χ4v) is 3.50. The first-order valence-electron chi connectivity index (χ1n) is 7.66. The molecule has 2 fully saturated rings. The van der Waals surface area contributed by atoms with Crippen LogP contribution in [0.2, 0.25) is 0 Å². The maximum atomic E-state index is 13.7. The summed E-state index contributed by atoms with van der Waals surface area (Å²) in [5.41, 5.74) is -0.116. The van der Waals surface area contributed by atoms with E-state index in [1.807, 2.05) is 0 Å². The minimum Gasteiger partial charge on any atom is -0.339 e. The number of carbonyl (C=O) groups is 1. The summed E-state index contributed by atoms with van der Waals surface area (Å²) in [6.45, 7) is 3.06. The van der Waals surface area contributed by atoms with Crippen LogP contribution in [0.3, 0.4) is 0 Å². The van der Waals surface area contributed by atoms with Gasteiger partial charge in [-0.2, -0.15) is 0 Å². The summed E-state index contributed by atoms with van der Waals surface area (Å²) in [6.07, 6.45) is 3.95. The molecular weight excluding hydrogens is 329 g/mol. The topological polar surface area (TPSA) is 32.3 Å². The Labute approximate surface area is 139 Å². The van der Waals surface area contributed by atoms with Gasteiger partial charge in [0.1, 0.15) is 0 Å². The van der Waals surface area contributed by atoms with Crippen molar-refractivity contribution in [3.8, 4) is 0 Å². The number of hydrogen-bond donors (Lipinski definition) is 1. The van der Waals surface area contributed by atoms with Crippen LogP contribution >= 0.6 is 12.4 Å². The molecule has 0 unspecified atom stereocenters. The summed E-state index contributed by atoms with van der Waals surface area (Å²) in [5.74, 6) is -4.81. The van der Waals surface area contributed by atoms with E-state index in [4.69, 9.17) is 0 Å². The first kappa shape index (κ1) is 18.1. The van der Waals surface area contributed by atoms with Gasteiger partial charge in [-0.1, -0.05) is 0 Å². The third-order valence-electron chi connectivity index (χ3n) is 5.04. The molecule has 0 saturated carbocycles. The van der Waals surface area contributed by atoms with Crippen LogP contribution in [0, 0.1) is 22.9 Å². The Kier molecular flexibility index (Phi) is 5.57. The lowest BCUT2D eigenvalue weighted by Crippen LogP contribution is -2.47. The van der Waals surface area contributed by atoms with Crippen LogP contribution < -0.4 is 5.32 Å². The highest BCUT2D eigenvalue weighted by Crippen LogP contribution is 2.39. The second-order valence-corrected chi connectivity index (χ2v) is 6.27. The van der Waals surface area contributed by atoms with Gasteiger partial charge in [-0.25, -0.2) is 13.2 Å². The van der Waals surface area contributed by atoms with Crippen molar-refractivity contribution < 1.29 is 18.0 Å². The zero-order chi connectivity index (χ0) is 15.7. The minimum atomic E-state index is -1.59. The van der Waals surface area contributed by atoms with E-state index in [-0.39, 0.29) is 23.4 Å². The van der Waals surface area contributed by atoms with E-state index in [2.05, 4.69) is 5.32 Å². The number of rotatable bonds is 1. The van der Waals surface area contributed by atoms with Crippen LogP contribution in [0.5, 0.6) is 0 Å². The first-order valence-corrected chi connectivity index (χ1v) is 7.66. The van der Waals surface area contributed by atoms with E-state index in [1.54, 1.807) is 4.90 Å². The Balaban J connectivity index is 0.00000192. The SMILES string of the molecule is Cl.O=C(c1ccc(F)c(F)c1F)N1CCC2(CCNCC2)CC1. The molecule has 0 aliphatic carbocycles. The number of nitrogens with zero attached hydrogens (tertiary/aromatic N) is 1. The molecule has 0 aromatic heterocycles. The molecule has 128 valence electrons. The van der Waals surface area contributed by atoms with Gasteiger partial charge >= 0.3 is 0 Å². The molecule has 1 amide bonds. The summed E-state index contributed by atoms with van der Waals surface area (Å²) in [6, 6.07) is 1.81. The third-order valence-corrected chi connectivity index (χ3v) is 5.04. The number of carbonyl (C=O) groups excluding carboxylic acids is 1. The quantitative estimate of drug-likeness (QED) is 0.791. The Bertz CT molecular complexity index is 581. The van der Waals surface area contributed by atoms with Gasteiger partial charge in [0.25, 0.3) is 5.91 Å². The Morgan fingerprint density at radius 1 is 1.00 bits per heavy atom. The maximum Gasteiger partial charge on any atom is 0.256 e. The van der Waals surface area contributed by atoms with Gasteiger partial charge in [-0.3, -0.25) is 4.79 Å². The zero-order valence-electron chi connectivity index (χ0n) is 12.7. The van der Waals surface area contributed by atoms with Crippen molar-refractivity contribution in [3.05, 3.63) is 35.1 Å². The fourth-order valence-electron chi connectivity index (χ4n) is 3.50.